The average Bonchev–Trinajstić information content (AvgIpc) is 2.88. The summed E-state index contributed by atoms with van der Waals surface area (Å²) in [5.74, 6) is -0.696. The summed E-state index contributed by atoms with van der Waals surface area (Å²) in [4.78, 5) is 26.0. The first-order valence-electron chi connectivity index (χ1n) is 12.6. The number of carbonyl (C=O) groups excluding carboxylic acids is 2. The van der Waals surface area contributed by atoms with E-state index in [0.29, 0.717) is 34.3 Å². The van der Waals surface area contributed by atoms with Crippen LogP contribution in [0.5, 0.6) is 0 Å². The topological polar surface area (TPSA) is 52.6 Å². The summed E-state index contributed by atoms with van der Waals surface area (Å²) in [6.07, 6.45) is -0.583. The molecule has 0 amide bonds. The zero-order valence-corrected chi connectivity index (χ0v) is 22.7. The number of piperidine rings is 3. The van der Waals surface area contributed by atoms with Crippen molar-refractivity contribution in [3.8, 4) is 0 Å². The molecule has 1 atom stereocenters. The second kappa shape index (κ2) is 11.7. The van der Waals surface area contributed by atoms with Crippen LogP contribution in [0.25, 0.3) is 0 Å². The SMILES string of the molecule is Cc1ccc(C(=O)C[N+]23CCC(CC2)[C@@H](OC(=O)OC(c2cccc(F)c2)c2cccc(F)c2)C3)cc1.[Br-]. The van der Waals surface area contributed by atoms with E-state index in [0.717, 1.165) is 31.5 Å². The molecule has 3 aliphatic heterocycles. The third kappa shape index (κ3) is 6.30. The zero-order chi connectivity index (χ0) is 26.0. The molecule has 0 N–H and O–H groups in total. The van der Waals surface area contributed by atoms with Crippen molar-refractivity contribution < 1.29 is 49.3 Å². The number of rotatable bonds is 7. The number of Topliss-reactive ketones (excluding diaryl/α,β-unsaturated/α-hetero) is 1. The van der Waals surface area contributed by atoms with Crippen LogP contribution in [0, 0.1) is 24.5 Å². The highest BCUT2D eigenvalue weighted by molar-refractivity contribution is 5.97. The molecule has 3 aliphatic rings. The molecule has 0 aliphatic carbocycles. The maximum Gasteiger partial charge on any atom is 0.509 e. The Kier molecular flexibility index (Phi) is 8.63. The Morgan fingerprint density at radius 2 is 1.50 bits per heavy atom. The van der Waals surface area contributed by atoms with Gasteiger partial charge in [-0.25, -0.2) is 13.6 Å². The normalized spacial score (nSPS) is 22.0. The lowest BCUT2D eigenvalue weighted by Crippen LogP contribution is -3.00. The molecule has 0 saturated carbocycles. The van der Waals surface area contributed by atoms with E-state index in [9.17, 15) is 18.4 Å². The van der Waals surface area contributed by atoms with Crippen LogP contribution in [-0.2, 0) is 9.47 Å². The molecule has 0 unspecified atom stereocenters. The van der Waals surface area contributed by atoms with E-state index in [-0.39, 0.29) is 34.8 Å². The van der Waals surface area contributed by atoms with Gasteiger partial charge in [0.2, 0.25) is 5.78 Å². The maximum absolute atomic E-state index is 13.9. The Hall–Kier alpha value is -3.10. The lowest BCUT2D eigenvalue weighted by molar-refractivity contribution is -0.938. The van der Waals surface area contributed by atoms with Crippen molar-refractivity contribution in [1.82, 2.24) is 0 Å². The highest BCUT2D eigenvalue weighted by Gasteiger charge is 2.49. The number of quaternary nitrogens is 1. The molecule has 0 radical (unpaired) electrons. The summed E-state index contributed by atoms with van der Waals surface area (Å²) in [5, 5.41) is 0. The lowest BCUT2D eigenvalue weighted by atomic mass is 9.83. The van der Waals surface area contributed by atoms with Gasteiger partial charge in [-0.05, 0) is 31.2 Å². The molecule has 38 heavy (non-hydrogen) atoms. The minimum atomic E-state index is -1.02. The molecule has 3 fully saturated rings. The Morgan fingerprint density at radius 3 is 2.05 bits per heavy atom. The quantitative estimate of drug-likeness (QED) is 0.243. The largest absolute Gasteiger partial charge is 1.00 e. The van der Waals surface area contributed by atoms with E-state index in [4.69, 9.17) is 9.47 Å². The van der Waals surface area contributed by atoms with Gasteiger partial charge >= 0.3 is 6.16 Å². The molecule has 6 rings (SSSR count). The molecule has 3 heterocycles. The predicted octanol–water partition coefficient (Wildman–Crippen LogP) is 3.01. The van der Waals surface area contributed by atoms with Crippen molar-refractivity contribution in [3.05, 3.63) is 107 Å². The summed E-state index contributed by atoms with van der Waals surface area (Å²) in [6.45, 7) is 4.63. The van der Waals surface area contributed by atoms with Gasteiger partial charge in [0, 0.05) is 35.4 Å². The maximum atomic E-state index is 13.9. The molecule has 0 aromatic heterocycles. The molecular formula is C30H30BrF2NO4. The number of hydrogen-bond acceptors (Lipinski definition) is 4. The molecule has 2 bridgehead atoms. The van der Waals surface area contributed by atoms with E-state index >= 15 is 0 Å². The minimum Gasteiger partial charge on any atom is -1.00 e. The third-order valence-electron chi connectivity index (χ3n) is 7.66. The van der Waals surface area contributed by atoms with Gasteiger partial charge in [0.15, 0.2) is 12.2 Å². The van der Waals surface area contributed by atoms with Crippen LogP contribution in [0.4, 0.5) is 13.6 Å². The summed E-state index contributed by atoms with van der Waals surface area (Å²) in [6, 6.07) is 19.0. The third-order valence-corrected chi connectivity index (χ3v) is 7.66. The Labute approximate surface area is 231 Å². The average molecular weight is 586 g/mol. The summed E-state index contributed by atoms with van der Waals surface area (Å²) in [7, 11) is 0. The van der Waals surface area contributed by atoms with Crippen LogP contribution in [0.3, 0.4) is 0 Å². The molecule has 3 aromatic rings. The van der Waals surface area contributed by atoms with Gasteiger partial charge < -0.3 is 30.9 Å². The van der Waals surface area contributed by atoms with Crippen LogP contribution in [0.2, 0.25) is 0 Å². The van der Waals surface area contributed by atoms with Crippen molar-refractivity contribution in [2.75, 3.05) is 26.2 Å². The number of halogens is 3. The molecule has 3 aromatic carbocycles. The second-order valence-electron chi connectivity index (χ2n) is 10.3. The molecule has 3 saturated heterocycles. The standard InChI is InChI=1S/C30H30F2NO4.BrH/c1-20-8-10-21(11-9-20)27(34)18-33-14-12-22(13-15-33)28(19-33)36-30(35)37-29(23-4-2-6-25(31)16-23)24-5-3-7-26(32)17-24;/h2-11,16-17,22,28-29H,12-15,18-19H2,1H3;1H/q+1;/p-1/t22?,28-,33?;/m0./s1. The van der Waals surface area contributed by atoms with Crippen molar-refractivity contribution in [2.45, 2.75) is 32.0 Å². The zero-order valence-electron chi connectivity index (χ0n) is 21.1. The number of ketones is 1. The smallest absolute Gasteiger partial charge is 0.509 e. The highest BCUT2D eigenvalue weighted by Crippen LogP contribution is 2.37. The van der Waals surface area contributed by atoms with E-state index in [2.05, 4.69) is 0 Å². The van der Waals surface area contributed by atoms with Gasteiger partial charge in [-0.1, -0.05) is 54.1 Å². The van der Waals surface area contributed by atoms with Crippen LogP contribution >= 0.6 is 0 Å². The van der Waals surface area contributed by atoms with E-state index in [1.165, 1.54) is 36.4 Å². The van der Waals surface area contributed by atoms with E-state index < -0.39 is 23.9 Å². The van der Waals surface area contributed by atoms with Crippen LogP contribution < -0.4 is 17.0 Å². The summed E-state index contributed by atoms with van der Waals surface area (Å²) in [5.41, 5.74) is 2.55. The van der Waals surface area contributed by atoms with Crippen molar-refractivity contribution in [3.63, 3.8) is 0 Å². The van der Waals surface area contributed by atoms with Crippen molar-refractivity contribution in [1.29, 1.82) is 0 Å². The first-order valence-corrected chi connectivity index (χ1v) is 12.6. The highest BCUT2D eigenvalue weighted by atomic mass is 79.9. The Bertz CT molecular complexity index is 1250. The number of aryl methyl sites for hydroxylation is 1. The fourth-order valence-corrected chi connectivity index (χ4v) is 5.63. The molecule has 200 valence electrons. The van der Waals surface area contributed by atoms with Gasteiger partial charge in [-0.3, -0.25) is 4.79 Å². The predicted molar refractivity (Wildman–Crippen MR) is 134 cm³/mol. The second-order valence-corrected chi connectivity index (χ2v) is 10.3. The number of benzene rings is 3. The number of ether oxygens (including phenoxy) is 2. The van der Waals surface area contributed by atoms with Gasteiger partial charge in [-0.15, -0.1) is 0 Å². The van der Waals surface area contributed by atoms with E-state index in [1.54, 1.807) is 12.1 Å². The minimum absolute atomic E-state index is 0. The summed E-state index contributed by atoms with van der Waals surface area (Å²) < 4.78 is 40.0. The number of fused-ring (bicyclic) bond motifs is 3. The van der Waals surface area contributed by atoms with Crippen LogP contribution in [0.1, 0.15) is 46.0 Å². The van der Waals surface area contributed by atoms with Crippen molar-refractivity contribution >= 4 is 11.9 Å². The molecule has 0 spiro atoms. The van der Waals surface area contributed by atoms with Crippen molar-refractivity contribution in [2.24, 2.45) is 5.92 Å². The molecular weight excluding hydrogens is 556 g/mol. The van der Waals surface area contributed by atoms with Gasteiger partial charge in [0.25, 0.3) is 0 Å². The fraction of sp³-hybridized carbons (Fsp3) is 0.333. The van der Waals surface area contributed by atoms with Gasteiger partial charge in [0.1, 0.15) is 24.7 Å². The monoisotopic (exact) mass is 585 g/mol. The Balaban J connectivity index is 0.00000336. The lowest BCUT2D eigenvalue weighted by Gasteiger charge is -2.51. The van der Waals surface area contributed by atoms with Crippen LogP contribution in [-0.4, -0.2) is 48.7 Å². The van der Waals surface area contributed by atoms with Gasteiger partial charge in [-0.2, -0.15) is 0 Å². The number of carbonyl (C=O) groups is 2. The summed E-state index contributed by atoms with van der Waals surface area (Å²) >= 11 is 0. The molecule has 8 heteroatoms. The molecule has 5 nitrogen and oxygen atoms in total. The van der Waals surface area contributed by atoms with Crippen LogP contribution in [0.15, 0.2) is 72.8 Å². The Morgan fingerprint density at radius 1 is 0.921 bits per heavy atom. The number of hydrogen-bond donors (Lipinski definition) is 0. The fourth-order valence-electron chi connectivity index (χ4n) is 5.63. The van der Waals surface area contributed by atoms with Gasteiger partial charge in [0.05, 0.1) is 13.1 Å². The first kappa shape index (κ1) is 27.9. The number of nitrogens with zero attached hydrogens (tertiary/aromatic N) is 1. The first-order chi connectivity index (χ1) is 17.8. The van der Waals surface area contributed by atoms with E-state index in [1.807, 2.05) is 31.2 Å².